The summed E-state index contributed by atoms with van der Waals surface area (Å²) >= 11 is 0. The molecule has 6 nitrogen and oxygen atoms in total. The highest BCUT2D eigenvalue weighted by Crippen LogP contribution is 2.21. The Hall–Kier alpha value is -2.55. The third kappa shape index (κ3) is 3.79. The van der Waals surface area contributed by atoms with Crippen molar-refractivity contribution in [3.8, 4) is 17.6 Å². The maximum Gasteiger partial charge on any atom is 0.317 e. The molecule has 6 heteroatoms. The highest BCUT2D eigenvalue weighted by Gasteiger charge is 2.09. The molecule has 0 aromatic heterocycles. The standard InChI is InChI=1S/C12H11NO5/c1-17-11-7-9(4-3-5-12(14)18-2)6-10(8-11)13(15)16/h6-8H,5H2,1-2H3. The van der Waals surface area contributed by atoms with E-state index in [2.05, 4.69) is 16.6 Å². The average molecular weight is 249 g/mol. The molecule has 0 amide bonds. The van der Waals surface area contributed by atoms with Crippen molar-refractivity contribution < 1.29 is 19.2 Å². The molecule has 0 bridgehead atoms. The number of nitro groups is 1. The Kier molecular flexibility index (Phi) is 4.69. The number of hydrogen-bond acceptors (Lipinski definition) is 5. The van der Waals surface area contributed by atoms with Crippen LogP contribution in [0.5, 0.6) is 5.75 Å². The first-order chi connectivity index (χ1) is 8.56. The summed E-state index contributed by atoms with van der Waals surface area (Å²) in [5.41, 5.74) is 0.293. The molecule has 0 heterocycles. The SMILES string of the molecule is COC(=O)CC#Cc1cc(OC)cc([N+](=O)[O-])c1. The third-order valence-electron chi connectivity index (χ3n) is 2.03. The molecule has 0 atom stereocenters. The number of carbonyl (C=O) groups excluding carboxylic acids is 1. The minimum Gasteiger partial charge on any atom is -0.496 e. The van der Waals surface area contributed by atoms with Gasteiger partial charge in [-0.05, 0) is 6.07 Å². The summed E-state index contributed by atoms with van der Waals surface area (Å²) in [5, 5.41) is 10.7. The van der Waals surface area contributed by atoms with Crippen LogP contribution in [0.3, 0.4) is 0 Å². The smallest absolute Gasteiger partial charge is 0.317 e. The van der Waals surface area contributed by atoms with Crippen LogP contribution < -0.4 is 4.74 Å². The summed E-state index contributed by atoms with van der Waals surface area (Å²) < 4.78 is 9.35. The molecule has 0 unspecified atom stereocenters. The Bertz CT molecular complexity index is 527. The van der Waals surface area contributed by atoms with Gasteiger partial charge in [0.15, 0.2) is 0 Å². The summed E-state index contributed by atoms with van der Waals surface area (Å²) in [6.45, 7) is 0. The van der Waals surface area contributed by atoms with E-state index in [9.17, 15) is 14.9 Å². The van der Waals surface area contributed by atoms with Gasteiger partial charge in [-0.15, -0.1) is 0 Å². The van der Waals surface area contributed by atoms with Crippen molar-refractivity contribution in [2.24, 2.45) is 0 Å². The first-order valence-electron chi connectivity index (χ1n) is 4.96. The lowest BCUT2D eigenvalue weighted by molar-refractivity contribution is -0.384. The van der Waals surface area contributed by atoms with Gasteiger partial charge in [-0.1, -0.05) is 11.8 Å². The van der Waals surface area contributed by atoms with E-state index >= 15 is 0 Å². The molecule has 0 fully saturated rings. The van der Waals surface area contributed by atoms with Crippen LogP contribution in [0.15, 0.2) is 18.2 Å². The van der Waals surface area contributed by atoms with Gasteiger partial charge in [0.25, 0.3) is 5.69 Å². The molecule has 94 valence electrons. The molecular formula is C12H11NO5. The highest BCUT2D eigenvalue weighted by atomic mass is 16.6. The number of carbonyl (C=O) groups is 1. The van der Waals surface area contributed by atoms with Crippen LogP contribution in [0.2, 0.25) is 0 Å². The molecular weight excluding hydrogens is 238 g/mol. The van der Waals surface area contributed by atoms with Crippen LogP contribution in [0.1, 0.15) is 12.0 Å². The number of rotatable bonds is 3. The molecule has 1 aromatic carbocycles. The number of methoxy groups -OCH3 is 2. The lowest BCUT2D eigenvalue weighted by Crippen LogP contribution is -1.97. The number of nitrogens with zero attached hydrogens (tertiary/aromatic N) is 1. The van der Waals surface area contributed by atoms with Gasteiger partial charge in [0, 0.05) is 11.6 Å². The first kappa shape index (κ1) is 13.5. The summed E-state index contributed by atoms with van der Waals surface area (Å²) in [6.07, 6.45) is -0.0679. The predicted molar refractivity (Wildman–Crippen MR) is 63.2 cm³/mol. The summed E-state index contributed by atoms with van der Waals surface area (Å²) in [6, 6.07) is 4.16. The second-order valence-corrected chi connectivity index (χ2v) is 3.23. The van der Waals surface area contributed by atoms with E-state index in [1.807, 2.05) is 0 Å². The number of benzene rings is 1. The Balaban J connectivity index is 2.98. The van der Waals surface area contributed by atoms with Gasteiger partial charge in [-0.2, -0.15) is 0 Å². The van der Waals surface area contributed by atoms with Gasteiger partial charge in [0.1, 0.15) is 12.2 Å². The van der Waals surface area contributed by atoms with Crippen molar-refractivity contribution in [1.29, 1.82) is 0 Å². The van der Waals surface area contributed by atoms with Crippen LogP contribution >= 0.6 is 0 Å². The fourth-order valence-electron chi connectivity index (χ4n) is 1.17. The van der Waals surface area contributed by atoms with E-state index < -0.39 is 10.9 Å². The molecule has 0 saturated carbocycles. The zero-order valence-electron chi connectivity index (χ0n) is 9.93. The number of non-ortho nitro benzene ring substituents is 1. The van der Waals surface area contributed by atoms with Gasteiger partial charge in [0.2, 0.25) is 0 Å². The van der Waals surface area contributed by atoms with Gasteiger partial charge in [0.05, 0.1) is 25.2 Å². The molecule has 0 saturated heterocycles. The van der Waals surface area contributed by atoms with E-state index in [1.165, 1.54) is 26.4 Å². The topological polar surface area (TPSA) is 78.7 Å². The Morgan fingerprint density at radius 3 is 2.67 bits per heavy atom. The largest absolute Gasteiger partial charge is 0.496 e. The minimum atomic E-state index is -0.534. The van der Waals surface area contributed by atoms with Crippen LogP contribution in [-0.2, 0) is 9.53 Å². The van der Waals surface area contributed by atoms with Gasteiger partial charge in [-0.3, -0.25) is 14.9 Å². The fraction of sp³-hybridized carbons (Fsp3) is 0.250. The van der Waals surface area contributed by atoms with Crippen LogP contribution in [0.4, 0.5) is 5.69 Å². The van der Waals surface area contributed by atoms with Crippen molar-refractivity contribution >= 4 is 11.7 Å². The maximum absolute atomic E-state index is 10.8. The fourth-order valence-corrected chi connectivity index (χ4v) is 1.17. The molecule has 0 N–H and O–H groups in total. The highest BCUT2D eigenvalue weighted by molar-refractivity contribution is 5.72. The maximum atomic E-state index is 10.8. The molecule has 0 aliphatic carbocycles. The Morgan fingerprint density at radius 1 is 1.39 bits per heavy atom. The summed E-state index contributed by atoms with van der Waals surface area (Å²) in [4.78, 5) is 21.0. The predicted octanol–water partition coefficient (Wildman–Crippen LogP) is 1.52. The van der Waals surface area contributed by atoms with Crippen molar-refractivity contribution in [1.82, 2.24) is 0 Å². The Labute approximate surface area is 104 Å². The molecule has 1 aromatic rings. The monoisotopic (exact) mass is 249 g/mol. The van der Waals surface area contributed by atoms with E-state index in [0.29, 0.717) is 11.3 Å². The van der Waals surface area contributed by atoms with Gasteiger partial charge in [-0.25, -0.2) is 0 Å². The van der Waals surface area contributed by atoms with Gasteiger partial charge >= 0.3 is 5.97 Å². The van der Waals surface area contributed by atoms with E-state index in [1.54, 1.807) is 6.07 Å². The number of hydrogen-bond donors (Lipinski definition) is 0. The molecule has 0 radical (unpaired) electrons. The quantitative estimate of drug-likeness (QED) is 0.351. The molecule has 18 heavy (non-hydrogen) atoms. The first-order valence-corrected chi connectivity index (χ1v) is 4.96. The van der Waals surface area contributed by atoms with Crippen molar-refractivity contribution in [3.05, 3.63) is 33.9 Å². The second kappa shape index (κ2) is 6.25. The Morgan fingerprint density at radius 2 is 2.11 bits per heavy atom. The molecule has 0 aliphatic heterocycles. The molecule has 0 spiro atoms. The van der Waals surface area contributed by atoms with E-state index in [4.69, 9.17) is 4.74 Å². The van der Waals surface area contributed by atoms with Crippen molar-refractivity contribution in [2.45, 2.75) is 6.42 Å². The van der Waals surface area contributed by atoms with E-state index in [-0.39, 0.29) is 12.1 Å². The normalized spacial score (nSPS) is 9.00. The zero-order chi connectivity index (χ0) is 13.5. The lowest BCUT2D eigenvalue weighted by atomic mass is 10.2. The van der Waals surface area contributed by atoms with Crippen LogP contribution in [0.25, 0.3) is 0 Å². The van der Waals surface area contributed by atoms with Crippen molar-refractivity contribution in [2.75, 3.05) is 14.2 Å². The van der Waals surface area contributed by atoms with Gasteiger partial charge < -0.3 is 9.47 Å². The average Bonchev–Trinajstić information content (AvgIpc) is 2.37. The third-order valence-corrected chi connectivity index (χ3v) is 2.03. The number of ether oxygens (including phenoxy) is 2. The minimum absolute atomic E-state index is 0.0679. The molecule has 0 aliphatic rings. The number of esters is 1. The summed E-state index contributed by atoms with van der Waals surface area (Å²) in [5.74, 6) is 5.09. The number of nitro benzene ring substituents is 1. The summed E-state index contributed by atoms with van der Waals surface area (Å²) in [7, 11) is 2.67. The van der Waals surface area contributed by atoms with Crippen molar-refractivity contribution in [3.63, 3.8) is 0 Å². The lowest BCUT2D eigenvalue weighted by Gasteiger charge is -2.00. The zero-order valence-corrected chi connectivity index (χ0v) is 9.93. The van der Waals surface area contributed by atoms with Crippen LogP contribution in [0, 0.1) is 22.0 Å². The van der Waals surface area contributed by atoms with E-state index in [0.717, 1.165) is 0 Å². The van der Waals surface area contributed by atoms with Crippen LogP contribution in [-0.4, -0.2) is 25.1 Å². The second-order valence-electron chi connectivity index (χ2n) is 3.23. The molecule has 1 rings (SSSR count).